The first-order valence-electron chi connectivity index (χ1n) is 11.1. The molecular weight excluding hydrogens is 511 g/mol. The number of hydrogen-bond acceptors (Lipinski definition) is 6. The summed E-state index contributed by atoms with van der Waals surface area (Å²) < 4.78 is 86.4. The molecule has 0 amide bonds. The van der Waals surface area contributed by atoms with Crippen LogP contribution in [0.25, 0.3) is 11.1 Å². The summed E-state index contributed by atoms with van der Waals surface area (Å²) in [5.41, 5.74) is 1.81. The molecule has 0 aliphatic carbocycles. The fraction of sp³-hybridized carbons (Fsp3) is 0.231. The van der Waals surface area contributed by atoms with Crippen molar-refractivity contribution in [3.63, 3.8) is 0 Å². The first kappa shape index (κ1) is 26.4. The molecule has 196 valence electrons. The van der Waals surface area contributed by atoms with Crippen molar-refractivity contribution in [1.82, 2.24) is 0 Å². The van der Waals surface area contributed by atoms with Gasteiger partial charge in [0, 0.05) is 5.56 Å². The van der Waals surface area contributed by atoms with Crippen molar-refractivity contribution >= 4 is 10.0 Å². The normalized spacial score (nSPS) is 14.4. The number of sulfonamides is 1. The summed E-state index contributed by atoms with van der Waals surface area (Å²) in [6.45, 7) is 2.27. The van der Waals surface area contributed by atoms with Gasteiger partial charge in [-0.2, -0.15) is 8.78 Å². The third kappa shape index (κ3) is 6.36. The first-order valence-corrected chi connectivity index (χ1v) is 12.8. The van der Waals surface area contributed by atoms with E-state index in [-0.39, 0.29) is 36.0 Å². The van der Waals surface area contributed by atoms with Crippen LogP contribution in [-0.4, -0.2) is 28.2 Å². The van der Waals surface area contributed by atoms with E-state index < -0.39 is 34.3 Å². The fourth-order valence-corrected chi connectivity index (χ4v) is 4.72. The first-order chi connectivity index (χ1) is 17.5. The molecule has 1 atom stereocenters. The van der Waals surface area contributed by atoms with E-state index in [9.17, 15) is 21.6 Å². The lowest BCUT2D eigenvalue weighted by molar-refractivity contribution is -0.0514. The molecule has 0 bridgehead atoms. The van der Waals surface area contributed by atoms with E-state index in [1.807, 2.05) is 0 Å². The molecule has 37 heavy (non-hydrogen) atoms. The van der Waals surface area contributed by atoms with E-state index in [1.54, 1.807) is 25.1 Å². The summed E-state index contributed by atoms with van der Waals surface area (Å²) in [6, 6.07) is 13.3. The number of benzene rings is 3. The molecule has 0 saturated carbocycles. The van der Waals surface area contributed by atoms with Gasteiger partial charge in [-0.1, -0.05) is 36.9 Å². The molecule has 1 aliphatic rings. The van der Waals surface area contributed by atoms with E-state index in [1.165, 1.54) is 36.4 Å². The third-order valence-electron chi connectivity index (χ3n) is 5.41. The maximum absolute atomic E-state index is 14.1. The average Bonchev–Trinajstić information content (AvgIpc) is 2.80. The highest BCUT2D eigenvalue weighted by atomic mass is 32.2. The Morgan fingerprint density at radius 3 is 2.59 bits per heavy atom. The molecule has 1 aliphatic heterocycles. The Balaban J connectivity index is 1.85. The highest BCUT2D eigenvalue weighted by Gasteiger charge is 2.33. The largest absolute Gasteiger partial charge is 0.495 e. The van der Waals surface area contributed by atoms with Crippen molar-refractivity contribution in [3.05, 3.63) is 89.4 Å². The molecule has 11 heteroatoms. The molecular formula is C26H24F3NO6S. The Kier molecular flexibility index (Phi) is 7.65. The molecule has 4 rings (SSSR count). The Labute approximate surface area is 212 Å². The van der Waals surface area contributed by atoms with Gasteiger partial charge in [-0.15, -0.1) is 0 Å². The SMILES string of the molecule is C=C(C)OCCOc1ccc2c(c1OC(F)F)-c1ccc(CS(N)(=O)=O)cc1C(c1cccc(F)c1)O2. The van der Waals surface area contributed by atoms with Crippen LogP contribution in [0.5, 0.6) is 17.2 Å². The minimum atomic E-state index is -3.87. The van der Waals surface area contributed by atoms with Gasteiger partial charge in [0.25, 0.3) is 0 Å². The Morgan fingerprint density at radius 2 is 1.92 bits per heavy atom. The molecule has 0 saturated heterocycles. The monoisotopic (exact) mass is 535 g/mol. The predicted octanol–water partition coefficient (Wildman–Crippen LogP) is 5.29. The molecule has 2 N–H and O–H groups in total. The van der Waals surface area contributed by atoms with E-state index in [4.69, 9.17) is 24.1 Å². The summed E-state index contributed by atoms with van der Waals surface area (Å²) in [5.74, 6) is -0.537. The van der Waals surface area contributed by atoms with Gasteiger partial charge in [0.1, 0.15) is 30.9 Å². The maximum atomic E-state index is 14.1. The van der Waals surface area contributed by atoms with Crippen molar-refractivity contribution in [3.8, 4) is 28.4 Å². The number of hydrogen-bond donors (Lipinski definition) is 1. The van der Waals surface area contributed by atoms with Crippen LogP contribution in [0.4, 0.5) is 13.2 Å². The van der Waals surface area contributed by atoms with Crippen molar-refractivity contribution in [1.29, 1.82) is 0 Å². The van der Waals surface area contributed by atoms with Gasteiger partial charge in [0.2, 0.25) is 10.0 Å². The Hall–Kier alpha value is -3.70. The molecule has 0 aromatic heterocycles. The lowest BCUT2D eigenvalue weighted by Gasteiger charge is -2.31. The maximum Gasteiger partial charge on any atom is 0.387 e. The van der Waals surface area contributed by atoms with Crippen LogP contribution in [0.1, 0.15) is 29.7 Å². The predicted molar refractivity (Wildman–Crippen MR) is 130 cm³/mol. The fourth-order valence-electron chi connectivity index (χ4n) is 4.07. The summed E-state index contributed by atoms with van der Waals surface area (Å²) in [5, 5.41) is 5.22. The minimum Gasteiger partial charge on any atom is -0.495 e. The van der Waals surface area contributed by atoms with Crippen LogP contribution in [0, 0.1) is 5.82 Å². The number of ether oxygens (including phenoxy) is 4. The van der Waals surface area contributed by atoms with E-state index in [0.717, 1.165) is 0 Å². The topological polar surface area (TPSA) is 97.1 Å². The van der Waals surface area contributed by atoms with Crippen LogP contribution in [-0.2, 0) is 20.5 Å². The van der Waals surface area contributed by atoms with Gasteiger partial charge >= 0.3 is 6.61 Å². The second-order valence-electron chi connectivity index (χ2n) is 8.33. The summed E-state index contributed by atoms with van der Waals surface area (Å²) in [6.07, 6.45) is -0.867. The number of alkyl halides is 2. The van der Waals surface area contributed by atoms with Gasteiger partial charge in [-0.3, -0.25) is 0 Å². The van der Waals surface area contributed by atoms with Gasteiger partial charge in [-0.05, 0) is 47.9 Å². The molecule has 1 heterocycles. The second kappa shape index (κ2) is 10.7. The van der Waals surface area contributed by atoms with Crippen molar-refractivity contribution in [2.24, 2.45) is 5.14 Å². The Morgan fingerprint density at radius 1 is 1.14 bits per heavy atom. The van der Waals surface area contributed by atoms with Gasteiger partial charge in [0.15, 0.2) is 11.5 Å². The van der Waals surface area contributed by atoms with Crippen LogP contribution < -0.4 is 19.3 Å². The van der Waals surface area contributed by atoms with Crippen molar-refractivity contribution < 1.29 is 40.5 Å². The molecule has 0 radical (unpaired) electrons. The summed E-state index contributed by atoms with van der Waals surface area (Å²) >= 11 is 0. The van der Waals surface area contributed by atoms with Crippen molar-refractivity contribution in [2.45, 2.75) is 25.4 Å². The smallest absolute Gasteiger partial charge is 0.387 e. The lowest BCUT2D eigenvalue weighted by Crippen LogP contribution is -2.19. The number of halogens is 3. The lowest BCUT2D eigenvalue weighted by atomic mass is 9.88. The van der Waals surface area contributed by atoms with E-state index >= 15 is 0 Å². The number of allylic oxidation sites excluding steroid dienone is 1. The second-order valence-corrected chi connectivity index (χ2v) is 9.94. The van der Waals surface area contributed by atoms with Gasteiger partial charge < -0.3 is 18.9 Å². The molecule has 0 spiro atoms. The van der Waals surface area contributed by atoms with E-state index in [2.05, 4.69) is 6.58 Å². The molecule has 1 unspecified atom stereocenters. The number of nitrogens with two attached hydrogens (primary N) is 1. The average molecular weight is 536 g/mol. The third-order valence-corrected chi connectivity index (χ3v) is 6.15. The summed E-state index contributed by atoms with van der Waals surface area (Å²) in [7, 11) is -3.87. The van der Waals surface area contributed by atoms with Crippen molar-refractivity contribution in [2.75, 3.05) is 13.2 Å². The zero-order valence-corrected chi connectivity index (χ0v) is 20.6. The standard InChI is InChI=1S/C26H24F3NO6S/c1-15(2)33-10-11-34-22-9-8-21-23(25(22)36-26(28)29)19-7-6-16(14-37(30,31)32)12-20(19)24(35-21)17-4-3-5-18(27)13-17/h3-9,12-13,24,26H,1,10-11,14H2,2H3,(H2,30,31,32). The number of fused-ring (bicyclic) bond motifs is 3. The number of rotatable bonds is 10. The summed E-state index contributed by atoms with van der Waals surface area (Å²) in [4.78, 5) is 0. The molecule has 0 fully saturated rings. The zero-order valence-electron chi connectivity index (χ0n) is 19.7. The van der Waals surface area contributed by atoms with Crippen LogP contribution in [0.3, 0.4) is 0 Å². The highest BCUT2D eigenvalue weighted by molar-refractivity contribution is 7.88. The minimum absolute atomic E-state index is 0.0248. The molecule has 3 aromatic rings. The quantitative estimate of drug-likeness (QED) is 0.280. The van der Waals surface area contributed by atoms with Gasteiger partial charge in [-0.25, -0.2) is 17.9 Å². The zero-order chi connectivity index (χ0) is 26.7. The van der Waals surface area contributed by atoms with Crippen LogP contribution in [0.15, 0.2) is 66.9 Å². The van der Waals surface area contributed by atoms with Crippen LogP contribution in [0.2, 0.25) is 0 Å². The number of primary sulfonamides is 1. The Bertz CT molecular complexity index is 1430. The van der Waals surface area contributed by atoms with E-state index in [0.29, 0.717) is 28.0 Å². The highest BCUT2D eigenvalue weighted by Crippen LogP contribution is 2.52. The van der Waals surface area contributed by atoms with Crippen LogP contribution >= 0.6 is 0 Å². The molecule has 7 nitrogen and oxygen atoms in total. The molecule has 3 aromatic carbocycles. The van der Waals surface area contributed by atoms with Gasteiger partial charge in [0.05, 0.1) is 17.1 Å².